The number of rotatable bonds is 2. The third kappa shape index (κ3) is 2.13. The summed E-state index contributed by atoms with van der Waals surface area (Å²) in [6.45, 7) is 3.65. The molecule has 1 unspecified atom stereocenters. The molecule has 2 rings (SSSR count). The Morgan fingerprint density at radius 1 is 1.47 bits per heavy atom. The van der Waals surface area contributed by atoms with Crippen molar-refractivity contribution >= 4 is 17.4 Å². The summed E-state index contributed by atoms with van der Waals surface area (Å²) in [6, 6.07) is 7.82. The van der Waals surface area contributed by atoms with Crippen LogP contribution in [0.15, 0.2) is 35.9 Å². The summed E-state index contributed by atoms with van der Waals surface area (Å²) < 4.78 is 0. The Bertz CT molecular complexity index is 409. The fourth-order valence-corrected chi connectivity index (χ4v) is 2.31. The summed E-state index contributed by atoms with van der Waals surface area (Å²) in [5.74, 6) is 0.253. The van der Waals surface area contributed by atoms with E-state index >= 15 is 0 Å². The number of hydrogen-bond donors (Lipinski definition) is 0. The Morgan fingerprint density at radius 2 is 2.20 bits per heavy atom. The molecule has 0 N–H and O–H groups in total. The maximum absolute atomic E-state index is 12.1. The van der Waals surface area contributed by atoms with Gasteiger partial charge in [-0.2, -0.15) is 0 Å². The number of carbonyl (C=O) groups is 1. The van der Waals surface area contributed by atoms with Gasteiger partial charge in [0, 0.05) is 16.5 Å². The molecule has 1 nitrogen and oxygen atoms in total. The van der Waals surface area contributed by atoms with Gasteiger partial charge in [-0.15, -0.1) is 0 Å². The molecular formula is C13H13ClO. The summed E-state index contributed by atoms with van der Waals surface area (Å²) in [5, 5.41) is 0.577. The summed E-state index contributed by atoms with van der Waals surface area (Å²) >= 11 is 5.76. The van der Waals surface area contributed by atoms with Crippen molar-refractivity contribution in [1.82, 2.24) is 0 Å². The second-order valence-electron chi connectivity index (χ2n) is 3.98. The summed E-state index contributed by atoms with van der Waals surface area (Å²) in [4.78, 5) is 12.1. The molecule has 78 valence electrons. The highest BCUT2D eigenvalue weighted by Crippen LogP contribution is 2.29. The van der Waals surface area contributed by atoms with Gasteiger partial charge in [-0.3, -0.25) is 4.79 Å². The smallest absolute Gasteiger partial charge is 0.166 e. The van der Waals surface area contributed by atoms with E-state index in [9.17, 15) is 4.79 Å². The van der Waals surface area contributed by atoms with Gasteiger partial charge in [0.25, 0.3) is 0 Å². The molecule has 0 aliphatic heterocycles. The van der Waals surface area contributed by atoms with E-state index in [0.717, 1.165) is 18.4 Å². The van der Waals surface area contributed by atoms with Crippen molar-refractivity contribution in [3.8, 4) is 0 Å². The van der Waals surface area contributed by atoms with Gasteiger partial charge >= 0.3 is 0 Å². The van der Waals surface area contributed by atoms with Crippen molar-refractivity contribution < 1.29 is 4.79 Å². The zero-order chi connectivity index (χ0) is 10.8. The van der Waals surface area contributed by atoms with Crippen LogP contribution in [0.3, 0.4) is 0 Å². The Balaban J connectivity index is 2.26. The van der Waals surface area contributed by atoms with Crippen molar-refractivity contribution in [3.05, 3.63) is 47.0 Å². The van der Waals surface area contributed by atoms with Crippen LogP contribution in [0.5, 0.6) is 0 Å². The minimum absolute atomic E-state index is 0.0323. The number of halogens is 1. The molecule has 0 heterocycles. The number of allylic oxidation sites excluding steroid dienone is 1. The molecule has 2 heteroatoms. The van der Waals surface area contributed by atoms with Crippen LogP contribution in [0, 0.1) is 5.92 Å². The lowest BCUT2D eigenvalue weighted by molar-refractivity contribution is 0.0902. The molecule has 1 aromatic carbocycles. The SMILES string of the molecule is C=C(Cl)CC1CCc2ccccc2C1=O. The summed E-state index contributed by atoms with van der Waals surface area (Å²) in [5.41, 5.74) is 2.03. The number of Topliss-reactive ketones (excluding diaryl/α,β-unsaturated/α-hetero) is 1. The van der Waals surface area contributed by atoms with E-state index in [0.29, 0.717) is 11.5 Å². The number of benzene rings is 1. The number of carbonyl (C=O) groups excluding carboxylic acids is 1. The maximum atomic E-state index is 12.1. The first-order chi connectivity index (χ1) is 7.18. The quantitative estimate of drug-likeness (QED) is 0.745. The molecule has 1 atom stereocenters. The Hall–Kier alpha value is -1.08. The second kappa shape index (κ2) is 4.19. The van der Waals surface area contributed by atoms with Crippen LogP contribution >= 0.6 is 11.6 Å². The zero-order valence-corrected chi connectivity index (χ0v) is 9.26. The fraction of sp³-hybridized carbons (Fsp3) is 0.308. The monoisotopic (exact) mass is 220 g/mol. The average Bonchev–Trinajstić information content (AvgIpc) is 2.22. The van der Waals surface area contributed by atoms with Gasteiger partial charge in [-0.05, 0) is 24.8 Å². The molecule has 0 bridgehead atoms. The molecular weight excluding hydrogens is 208 g/mol. The van der Waals surface area contributed by atoms with Crippen LogP contribution < -0.4 is 0 Å². The Morgan fingerprint density at radius 3 is 2.93 bits per heavy atom. The minimum atomic E-state index is 0.0323. The molecule has 0 saturated heterocycles. The van der Waals surface area contributed by atoms with Crippen molar-refractivity contribution in [1.29, 1.82) is 0 Å². The van der Waals surface area contributed by atoms with E-state index in [1.807, 2.05) is 24.3 Å². The largest absolute Gasteiger partial charge is 0.294 e. The number of hydrogen-bond acceptors (Lipinski definition) is 1. The molecule has 1 aliphatic rings. The molecule has 0 amide bonds. The highest BCUT2D eigenvalue weighted by atomic mass is 35.5. The minimum Gasteiger partial charge on any atom is -0.294 e. The molecule has 0 spiro atoms. The third-order valence-corrected chi connectivity index (χ3v) is 3.04. The van der Waals surface area contributed by atoms with E-state index in [2.05, 4.69) is 6.58 Å². The molecule has 0 aromatic heterocycles. The van der Waals surface area contributed by atoms with E-state index in [-0.39, 0.29) is 11.7 Å². The van der Waals surface area contributed by atoms with Crippen LogP contribution in [0.1, 0.15) is 28.8 Å². The summed E-state index contributed by atoms with van der Waals surface area (Å²) in [6.07, 6.45) is 2.47. The predicted octanol–water partition coefficient (Wildman–Crippen LogP) is 3.57. The van der Waals surface area contributed by atoms with Crippen molar-refractivity contribution in [2.24, 2.45) is 5.92 Å². The van der Waals surface area contributed by atoms with Gasteiger partial charge in [0.05, 0.1) is 0 Å². The van der Waals surface area contributed by atoms with Gasteiger partial charge in [-0.1, -0.05) is 42.4 Å². The predicted molar refractivity (Wildman–Crippen MR) is 62.2 cm³/mol. The van der Waals surface area contributed by atoms with Crippen LogP contribution in [0.2, 0.25) is 0 Å². The lowest BCUT2D eigenvalue weighted by Gasteiger charge is -2.22. The standard InChI is InChI=1S/C13H13ClO/c1-9(14)8-11-7-6-10-4-2-3-5-12(10)13(11)15/h2-5,11H,1,6-8H2. The average molecular weight is 221 g/mol. The fourth-order valence-electron chi connectivity index (χ4n) is 2.12. The van der Waals surface area contributed by atoms with Crippen LogP contribution in [-0.2, 0) is 6.42 Å². The molecule has 0 saturated carbocycles. The normalized spacial score (nSPS) is 19.8. The highest BCUT2D eigenvalue weighted by molar-refractivity contribution is 6.29. The highest BCUT2D eigenvalue weighted by Gasteiger charge is 2.26. The lowest BCUT2D eigenvalue weighted by atomic mass is 9.81. The van der Waals surface area contributed by atoms with Gasteiger partial charge in [0.2, 0.25) is 0 Å². The lowest BCUT2D eigenvalue weighted by Crippen LogP contribution is -2.22. The van der Waals surface area contributed by atoms with E-state index in [1.54, 1.807) is 0 Å². The van der Waals surface area contributed by atoms with Crippen LogP contribution in [0.4, 0.5) is 0 Å². The molecule has 1 aromatic rings. The second-order valence-corrected chi connectivity index (χ2v) is 4.51. The first kappa shape index (κ1) is 10.4. The zero-order valence-electron chi connectivity index (χ0n) is 8.50. The first-order valence-electron chi connectivity index (χ1n) is 5.14. The topological polar surface area (TPSA) is 17.1 Å². The van der Waals surface area contributed by atoms with Gasteiger partial charge in [0.1, 0.15) is 0 Å². The molecule has 0 fully saturated rings. The van der Waals surface area contributed by atoms with E-state index < -0.39 is 0 Å². The maximum Gasteiger partial charge on any atom is 0.166 e. The van der Waals surface area contributed by atoms with E-state index in [4.69, 9.17) is 11.6 Å². The molecule has 15 heavy (non-hydrogen) atoms. The summed E-state index contributed by atoms with van der Waals surface area (Å²) in [7, 11) is 0. The van der Waals surface area contributed by atoms with Crippen molar-refractivity contribution in [2.75, 3.05) is 0 Å². The van der Waals surface area contributed by atoms with Crippen molar-refractivity contribution in [2.45, 2.75) is 19.3 Å². The first-order valence-corrected chi connectivity index (χ1v) is 5.51. The van der Waals surface area contributed by atoms with Gasteiger partial charge < -0.3 is 0 Å². The van der Waals surface area contributed by atoms with Gasteiger partial charge in [-0.25, -0.2) is 0 Å². The number of aryl methyl sites for hydroxylation is 1. The number of ketones is 1. The van der Waals surface area contributed by atoms with Gasteiger partial charge in [0.15, 0.2) is 5.78 Å². The Labute approximate surface area is 94.8 Å². The van der Waals surface area contributed by atoms with Crippen molar-refractivity contribution in [3.63, 3.8) is 0 Å². The molecule has 1 aliphatic carbocycles. The Kier molecular flexibility index (Phi) is 2.92. The van der Waals surface area contributed by atoms with E-state index in [1.165, 1.54) is 5.56 Å². The number of fused-ring (bicyclic) bond motifs is 1. The molecule has 0 radical (unpaired) electrons. The van der Waals surface area contributed by atoms with Crippen LogP contribution in [-0.4, -0.2) is 5.78 Å². The van der Waals surface area contributed by atoms with Crippen LogP contribution in [0.25, 0.3) is 0 Å². The third-order valence-electron chi connectivity index (χ3n) is 2.88.